The highest BCUT2D eigenvalue weighted by Crippen LogP contribution is 2.64. The Morgan fingerprint density at radius 2 is 1.74 bits per heavy atom. The standard InChI is InChI=1S/C16H27N3/c1-8-16(7)10(2)12-11(13(17)19-9-18-12)14(3,4)15(16,5)6/h9-10H,8H2,1-7H3,(H2,17,18,19). The van der Waals surface area contributed by atoms with Crippen molar-refractivity contribution in [2.45, 2.75) is 66.2 Å². The predicted octanol–water partition coefficient (Wildman–Crippen LogP) is 3.90. The fourth-order valence-electron chi connectivity index (χ4n) is 4.00. The molecule has 0 bridgehead atoms. The highest BCUT2D eigenvalue weighted by atomic mass is 14.9. The molecule has 1 aromatic heterocycles. The van der Waals surface area contributed by atoms with Gasteiger partial charge in [0, 0.05) is 16.9 Å². The molecule has 1 aromatic rings. The Morgan fingerprint density at radius 3 is 2.26 bits per heavy atom. The minimum absolute atomic E-state index is 0.0368. The van der Waals surface area contributed by atoms with Gasteiger partial charge in [-0.15, -0.1) is 0 Å². The van der Waals surface area contributed by atoms with Crippen molar-refractivity contribution in [3.05, 3.63) is 17.6 Å². The Balaban J connectivity index is 2.83. The molecule has 3 heteroatoms. The first-order chi connectivity index (χ1) is 8.61. The molecule has 0 amide bonds. The first-order valence-corrected chi connectivity index (χ1v) is 7.22. The zero-order valence-electron chi connectivity index (χ0n) is 13.3. The summed E-state index contributed by atoms with van der Waals surface area (Å²) in [7, 11) is 0. The number of nitrogens with two attached hydrogens (primary N) is 1. The van der Waals surface area contributed by atoms with Crippen molar-refractivity contribution in [2.75, 3.05) is 5.73 Å². The highest BCUT2D eigenvalue weighted by molar-refractivity contribution is 5.51. The van der Waals surface area contributed by atoms with E-state index in [0.29, 0.717) is 11.7 Å². The molecular weight excluding hydrogens is 234 g/mol. The van der Waals surface area contributed by atoms with Crippen molar-refractivity contribution in [3.8, 4) is 0 Å². The van der Waals surface area contributed by atoms with Crippen LogP contribution in [0.15, 0.2) is 6.33 Å². The van der Waals surface area contributed by atoms with Gasteiger partial charge < -0.3 is 5.73 Å². The maximum absolute atomic E-state index is 6.18. The molecule has 0 fully saturated rings. The predicted molar refractivity (Wildman–Crippen MR) is 80.1 cm³/mol. The van der Waals surface area contributed by atoms with Crippen LogP contribution in [0.1, 0.15) is 72.1 Å². The Bertz CT molecular complexity index is 505. The quantitative estimate of drug-likeness (QED) is 0.834. The lowest BCUT2D eigenvalue weighted by molar-refractivity contribution is -0.0250. The van der Waals surface area contributed by atoms with Crippen molar-refractivity contribution in [3.63, 3.8) is 0 Å². The summed E-state index contributed by atoms with van der Waals surface area (Å²) >= 11 is 0. The van der Waals surface area contributed by atoms with Gasteiger partial charge >= 0.3 is 0 Å². The Hall–Kier alpha value is -1.12. The fraction of sp³-hybridized carbons (Fsp3) is 0.750. The smallest absolute Gasteiger partial charge is 0.130 e. The van der Waals surface area contributed by atoms with Gasteiger partial charge in [-0.2, -0.15) is 0 Å². The molecule has 1 aliphatic rings. The molecular formula is C16H27N3. The van der Waals surface area contributed by atoms with Gasteiger partial charge in [-0.05, 0) is 17.3 Å². The van der Waals surface area contributed by atoms with E-state index >= 15 is 0 Å². The second kappa shape index (κ2) is 3.94. The molecule has 19 heavy (non-hydrogen) atoms. The Labute approximate surface area is 117 Å². The van der Waals surface area contributed by atoms with E-state index in [1.165, 1.54) is 0 Å². The van der Waals surface area contributed by atoms with E-state index in [1.807, 2.05) is 0 Å². The number of nitrogen functional groups attached to an aromatic ring is 1. The molecule has 2 N–H and O–H groups in total. The van der Waals surface area contributed by atoms with Gasteiger partial charge in [0.2, 0.25) is 0 Å². The average molecular weight is 261 g/mol. The topological polar surface area (TPSA) is 51.8 Å². The minimum atomic E-state index is -0.0368. The number of anilines is 1. The minimum Gasteiger partial charge on any atom is -0.383 e. The highest BCUT2D eigenvalue weighted by Gasteiger charge is 2.58. The van der Waals surface area contributed by atoms with E-state index in [0.717, 1.165) is 17.7 Å². The van der Waals surface area contributed by atoms with Gasteiger partial charge in [0.1, 0.15) is 12.1 Å². The van der Waals surface area contributed by atoms with Gasteiger partial charge in [-0.3, -0.25) is 0 Å². The van der Waals surface area contributed by atoms with Crippen molar-refractivity contribution in [2.24, 2.45) is 10.8 Å². The van der Waals surface area contributed by atoms with E-state index < -0.39 is 0 Å². The summed E-state index contributed by atoms with van der Waals surface area (Å²) in [6, 6.07) is 0. The SMILES string of the molecule is CCC1(C)C(C)c2ncnc(N)c2C(C)(C)C1(C)C. The molecule has 1 aliphatic carbocycles. The number of hydrogen-bond acceptors (Lipinski definition) is 3. The Kier molecular flexibility index (Phi) is 2.96. The lowest BCUT2D eigenvalue weighted by atomic mass is 9.44. The Morgan fingerprint density at radius 1 is 1.16 bits per heavy atom. The number of fused-ring (bicyclic) bond motifs is 1. The zero-order chi connectivity index (χ0) is 14.6. The maximum atomic E-state index is 6.18. The monoisotopic (exact) mass is 261 g/mol. The molecule has 0 aromatic carbocycles. The van der Waals surface area contributed by atoms with Gasteiger partial charge in [-0.25, -0.2) is 9.97 Å². The number of aromatic nitrogens is 2. The largest absolute Gasteiger partial charge is 0.383 e. The van der Waals surface area contributed by atoms with Crippen LogP contribution >= 0.6 is 0 Å². The maximum Gasteiger partial charge on any atom is 0.130 e. The van der Waals surface area contributed by atoms with Crippen LogP contribution < -0.4 is 5.73 Å². The normalized spacial score (nSPS) is 31.8. The van der Waals surface area contributed by atoms with Crippen molar-refractivity contribution in [1.82, 2.24) is 9.97 Å². The van der Waals surface area contributed by atoms with Gasteiger partial charge in [0.25, 0.3) is 0 Å². The molecule has 2 unspecified atom stereocenters. The van der Waals surface area contributed by atoms with E-state index in [2.05, 4.69) is 58.4 Å². The third-order valence-electron chi connectivity index (χ3n) is 6.62. The number of hydrogen-bond donors (Lipinski definition) is 1. The summed E-state index contributed by atoms with van der Waals surface area (Å²) in [6.07, 6.45) is 2.74. The van der Waals surface area contributed by atoms with E-state index in [1.54, 1.807) is 6.33 Å². The second-order valence-electron chi connectivity index (χ2n) is 7.26. The average Bonchev–Trinajstić information content (AvgIpc) is 2.34. The molecule has 2 rings (SSSR count). The van der Waals surface area contributed by atoms with E-state index in [4.69, 9.17) is 5.73 Å². The molecule has 2 atom stereocenters. The second-order valence-corrected chi connectivity index (χ2v) is 7.26. The molecule has 0 radical (unpaired) electrons. The first kappa shape index (κ1) is 14.3. The van der Waals surface area contributed by atoms with E-state index in [-0.39, 0.29) is 16.2 Å². The van der Waals surface area contributed by atoms with Crippen molar-refractivity contribution in [1.29, 1.82) is 0 Å². The zero-order valence-corrected chi connectivity index (χ0v) is 13.3. The summed E-state index contributed by atoms with van der Waals surface area (Å²) in [5, 5.41) is 0. The third kappa shape index (κ3) is 1.50. The van der Waals surface area contributed by atoms with Gasteiger partial charge in [0.05, 0.1) is 5.69 Å². The lowest BCUT2D eigenvalue weighted by Gasteiger charge is -2.60. The van der Waals surface area contributed by atoms with E-state index in [9.17, 15) is 0 Å². The summed E-state index contributed by atoms with van der Waals surface area (Å²) < 4.78 is 0. The lowest BCUT2D eigenvalue weighted by Crippen LogP contribution is -2.55. The van der Waals surface area contributed by atoms with Gasteiger partial charge in [-0.1, -0.05) is 48.5 Å². The molecule has 0 aliphatic heterocycles. The summed E-state index contributed by atoms with van der Waals surface area (Å²) in [6.45, 7) is 16.2. The molecule has 106 valence electrons. The summed E-state index contributed by atoms with van der Waals surface area (Å²) in [5.74, 6) is 1.04. The van der Waals surface area contributed by atoms with Crippen molar-refractivity contribution < 1.29 is 0 Å². The van der Waals surface area contributed by atoms with Crippen LogP contribution in [0.25, 0.3) is 0 Å². The molecule has 0 saturated heterocycles. The third-order valence-corrected chi connectivity index (χ3v) is 6.62. The molecule has 0 saturated carbocycles. The van der Waals surface area contributed by atoms with Crippen LogP contribution in [0, 0.1) is 10.8 Å². The summed E-state index contributed by atoms with van der Waals surface area (Å²) in [5.41, 5.74) is 8.76. The first-order valence-electron chi connectivity index (χ1n) is 7.22. The van der Waals surface area contributed by atoms with Crippen LogP contribution in [0.4, 0.5) is 5.82 Å². The van der Waals surface area contributed by atoms with Crippen LogP contribution in [-0.2, 0) is 5.41 Å². The van der Waals surface area contributed by atoms with Crippen molar-refractivity contribution >= 4 is 5.82 Å². The van der Waals surface area contributed by atoms with Crippen LogP contribution in [0.2, 0.25) is 0 Å². The fourth-order valence-corrected chi connectivity index (χ4v) is 4.00. The van der Waals surface area contributed by atoms with Gasteiger partial charge in [0.15, 0.2) is 0 Å². The summed E-state index contributed by atoms with van der Waals surface area (Å²) in [4.78, 5) is 8.80. The number of nitrogens with zero attached hydrogens (tertiary/aromatic N) is 2. The van der Waals surface area contributed by atoms with Crippen LogP contribution in [0.5, 0.6) is 0 Å². The van der Waals surface area contributed by atoms with Crippen LogP contribution in [-0.4, -0.2) is 9.97 Å². The molecule has 1 heterocycles. The molecule has 0 spiro atoms. The molecule has 3 nitrogen and oxygen atoms in total. The van der Waals surface area contributed by atoms with Crippen LogP contribution in [0.3, 0.4) is 0 Å². The number of rotatable bonds is 1.